The summed E-state index contributed by atoms with van der Waals surface area (Å²) in [5.74, 6) is 3.60. The Hall–Kier alpha value is -2.36. The molecular formula is C38H50O2Si. The predicted molar refractivity (Wildman–Crippen MR) is 174 cm³/mol. The van der Waals surface area contributed by atoms with Gasteiger partial charge in [0.05, 0.1) is 0 Å². The first kappa shape index (κ1) is 28.7. The van der Waals surface area contributed by atoms with Crippen molar-refractivity contribution in [2.45, 2.75) is 103 Å². The third kappa shape index (κ3) is 4.81. The molecule has 0 aromatic heterocycles. The maximum atomic E-state index is 12.6. The Morgan fingerprint density at radius 3 is 2.20 bits per heavy atom. The van der Waals surface area contributed by atoms with Gasteiger partial charge in [-0.15, -0.1) is 0 Å². The third-order valence-corrected chi connectivity index (χ3v) is 16.8. The van der Waals surface area contributed by atoms with Crippen LogP contribution in [0.3, 0.4) is 0 Å². The van der Waals surface area contributed by atoms with Gasteiger partial charge in [0.2, 0.25) is 0 Å². The number of phenolic OH excluding ortho intramolecular Hbond substituents is 1. The Balaban J connectivity index is 1.17. The number of aromatic hydroxyl groups is 1. The molecule has 2 nitrogen and oxygen atoms in total. The van der Waals surface area contributed by atoms with E-state index >= 15 is 0 Å². The fourth-order valence-electron chi connectivity index (χ4n) is 9.80. The molecule has 0 heterocycles. The summed E-state index contributed by atoms with van der Waals surface area (Å²) in [5.41, 5.74) is 4.54. The molecule has 3 aromatic carbocycles. The molecule has 0 amide bonds. The quantitative estimate of drug-likeness (QED) is 0.270. The second kappa shape index (κ2) is 11.0. The van der Waals surface area contributed by atoms with E-state index in [0.717, 1.165) is 53.0 Å². The van der Waals surface area contributed by atoms with Crippen molar-refractivity contribution in [2.24, 2.45) is 23.2 Å². The Kier molecular flexibility index (Phi) is 7.74. The van der Waals surface area contributed by atoms with Crippen LogP contribution < -0.4 is 10.4 Å². The van der Waals surface area contributed by atoms with Crippen LogP contribution in [0.2, 0.25) is 5.04 Å². The van der Waals surface area contributed by atoms with Crippen molar-refractivity contribution in [3.05, 3.63) is 89.5 Å². The molecule has 2 N–H and O–H groups in total. The van der Waals surface area contributed by atoms with Crippen molar-refractivity contribution in [1.29, 1.82) is 0 Å². The van der Waals surface area contributed by atoms with E-state index in [2.05, 4.69) is 100 Å². The Bertz CT molecular complexity index is 1310. The zero-order valence-electron chi connectivity index (χ0n) is 25.7. The minimum absolute atomic E-state index is 0.165. The molecule has 0 aliphatic heterocycles. The van der Waals surface area contributed by atoms with Crippen molar-refractivity contribution in [1.82, 2.24) is 0 Å². The third-order valence-electron chi connectivity index (χ3n) is 12.2. The molecular weight excluding hydrogens is 517 g/mol. The summed E-state index contributed by atoms with van der Waals surface area (Å²) in [5, 5.41) is 12.6. The number of hydrogen-bond donors (Lipinski definition) is 2. The smallest absolute Gasteiger partial charge is 0.258 e. The second-order valence-electron chi connectivity index (χ2n) is 14.5. The Morgan fingerprint density at radius 2 is 1.56 bits per heavy atom. The molecule has 3 aliphatic carbocycles. The van der Waals surface area contributed by atoms with Crippen LogP contribution in [-0.4, -0.2) is 18.2 Å². The molecule has 6 rings (SSSR count). The molecule has 218 valence electrons. The first-order valence-corrected chi connectivity index (χ1v) is 18.3. The number of phenols is 1. The first-order chi connectivity index (χ1) is 19.7. The van der Waals surface area contributed by atoms with Crippen molar-refractivity contribution >= 4 is 18.7 Å². The fraction of sp³-hybridized carbons (Fsp3) is 0.526. The number of aryl methyl sites for hydroxylation is 2. The van der Waals surface area contributed by atoms with Crippen LogP contribution in [0.25, 0.3) is 0 Å². The molecule has 0 unspecified atom stereocenters. The van der Waals surface area contributed by atoms with E-state index in [1.165, 1.54) is 50.5 Å². The van der Waals surface area contributed by atoms with Gasteiger partial charge >= 0.3 is 0 Å². The van der Waals surface area contributed by atoms with Crippen molar-refractivity contribution in [3.63, 3.8) is 0 Å². The summed E-state index contributed by atoms with van der Waals surface area (Å²) in [6, 6.07) is 25.5. The SMILES string of the molecule is CCc1cc2c(cc1O)CC[C@@H]1[C@@H]2CC[C@]2(C)[C@@H](CCCC(C)(C)[Si](O)(c3ccccc3)c3ccccc3)CC[C@@H]12. The van der Waals surface area contributed by atoms with Gasteiger partial charge in [0.15, 0.2) is 0 Å². The van der Waals surface area contributed by atoms with Crippen molar-refractivity contribution < 1.29 is 9.90 Å². The summed E-state index contributed by atoms with van der Waals surface area (Å²) in [7, 11) is -2.95. The topological polar surface area (TPSA) is 40.5 Å². The number of rotatable bonds is 8. The van der Waals surface area contributed by atoms with E-state index in [0.29, 0.717) is 17.1 Å². The van der Waals surface area contributed by atoms with E-state index in [9.17, 15) is 9.90 Å². The Morgan fingerprint density at radius 1 is 0.902 bits per heavy atom. The van der Waals surface area contributed by atoms with Crippen molar-refractivity contribution in [2.75, 3.05) is 0 Å². The predicted octanol–water partition coefficient (Wildman–Crippen LogP) is 8.13. The van der Waals surface area contributed by atoms with Crippen LogP contribution in [0.1, 0.15) is 102 Å². The highest BCUT2D eigenvalue weighted by Crippen LogP contribution is 2.64. The van der Waals surface area contributed by atoms with Gasteiger partial charge in [0, 0.05) is 0 Å². The molecule has 0 bridgehead atoms. The first-order valence-electron chi connectivity index (χ1n) is 16.4. The minimum atomic E-state index is -2.95. The molecule has 0 radical (unpaired) electrons. The molecule has 5 atom stereocenters. The van der Waals surface area contributed by atoms with E-state index < -0.39 is 8.32 Å². The molecule has 3 heteroatoms. The van der Waals surface area contributed by atoms with Gasteiger partial charge in [-0.2, -0.15) is 0 Å². The summed E-state index contributed by atoms with van der Waals surface area (Å²) in [6.07, 6.45) is 12.2. The number of hydrogen-bond acceptors (Lipinski definition) is 2. The average molecular weight is 567 g/mol. The maximum absolute atomic E-state index is 12.6. The maximum Gasteiger partial charge on any atom is 0.258 e. The number of benzene rings is 3. The van der Waals surface area contributed by atoms with Crippen LogP contribution in [0, 0.1) is 23.2 Å². The lowest BCUT2D eigenvalue weighted by Crippen LogP contribution is -2.65. The minimum Gasteiger partial charge on any atom is -0.508 e. The van der Waals surface area contributed by atoms with Gasteiger partial charge in [-0.3, -0.25) is 0 Å². The summed E-state index contributed by atoms with van der Waals surface area (Å²) >= 11 is 0. The molecule has 41 heavy (non-hydrogen) atoms. The van der Waals surface area contributed by atoms with E-state index in [1.807, 2.05) is 0 Å². The van der Waals surface area contributed by atoms with Crippen LogP contribution in [0.4, 0.5) is 0 Å². The highest BCUT2D eigenvalue weighted by molar-refractivity contribution is 6.98. The lowest BCUT2D eigenvalue weighted by atomic mass is 9.54. The molecule has 3 aliphatic rings. The normalized spacial score (nSPS) is 27.6. The fourth-order valence-corrected chi connectivity index (χ4v) is 13.6. The molecule has 2 fully saturated rings. The van der Waals surface area contributed by atoms with Gasteiger partial charge < -0.3 is 9.90 Å². The van der Waals surface area contributed by atoms with Crippen LogP contribution in [0.15, 0.2) is 72.8 Å². The van der Waals surface area contributed by atoms with Gasteiger partial charge in [0.25, 0.3) is 8.32 Å². The summed E-state index contributed by atoms with van der Waals surface area (Å²) < 4.78 is 0. The lowest BCUT2D eigenvalue weighted by molar-refractivity contribution is 0.0249. The van der Waals surface area contributed by atoms with E-state index in [-0.39, 0.29) is 5.04 Å². The average Bonchev–Trinajstić information content (AvgIpc) is 3.33. The zero-order valence-corrected chi connectivity index (χ0v) is 26.7. The molecule has 3 aromatic rings. The highest BCUT2D eigenvalue weighted by atomic mass is 28.4. The van der Waals surface area contributed by atoms with Crippen LogP contribution in [0.5, 0.6) is 5.75 Å². The van der Waals surface area contributed by atoms with Gasteiger partial charge in [-0.05, 0) is 125 Å². The van der Waals surface area contributed by atoms with E-state index in [1.54, 1.807) is 5.56 Å². The lowest BCUT2D eigenvalue weighted by Gasteiger charge is -2.51. The van der Waals surface area contributed by atoms with Gasteiger partial charge in [-0.1, -0.05) is 101 Å². The van der Waals surface area contributed by atoms with Gasteiger partial charge in [0.1, 0.15) is 5.75 Å². The highest BCUT2D eigenvalue weighted by Gasteiger charge is 2.55. The Labute approximate surface area is 249 Å². The van der Waals surface area contributed by atoms with E-state index in [4.69, 9.17) is 0 Å². The summed E-state index contributed by atoms with van der Waals surface area (Å²) in [6.45, 7) is 9.45. The monoisotopic (exact) mass is 566 g/mol. The standard InChI is InChI=1S/C38H50O2Si/c1-5-27-25-34-28(26-36(27)39)18-20-33-32(34)22-24-38(4)29(19-21-35(33)38)13-12-23-37(2,3)41(40,30-14-8-6-9-15-30)31-16-10-7-11-17-31/h6-11,14-17,25-26,29,32-33,35,39-40H,5,12-13,18-24H2,1-4H3/t29-,32-,33+,35-,38+/m0/s1. The summed E-state index contributed by atoms with van der Waals surface area (Å²) in [4.78, 5) is 12.6. The molecule has 0 saturated heterocycles. The van der Waals surface area contributed by atoms with Crippen LogP contribution in [-0.2, 0) is 12.8 Å². The van der Waals surface area contributed by atoms with Gasteiger partial charge in [-0.25, -0.2) is 0 Å². The number of fused-ring (bicyclic) bond motifs is 5. The molecule has 2 saturated carbocycles. The van der Waals surface area contributed by atoms with Crippen LogP contribution >= 0.6 is 0 Å². The largest absolute Gasteiger partial charge is 0.508 e. The second-order valence-corrected chi connectivity index (χ2v) is 18.4. The molecule has 0 spiro atoms. The zero-order chi connectivity index (χ0) is 28.8. The van der Waals surface area contributed by atoms with Crippen molar-refractivity contribution in [3.8, 4) is 5.75 Å².